The standard InChI is InChI=1S/C11H17N3O2S/c1-8-10(14(15)16)9(2)13(12-8)6-11(7-17)4-3-5-11/h17H,3-7H2,1-2H3. The van der Waals surface area contributed by atoms with Crippen LogP contribution < -0.4 is 0 Å². The molecule has 17 heavy (non-hydrogen) atoms. The van der Waals surface area contributed by atoms with Gasteiger partial charge < -0.3 is 0 Å². The molecule has 2 rings (SSSR count). The van der Waals surface area contributed by atoms with Crippen LogP contribution in [0, 0.1) is 29.4 Å². The van der Waals surface area contributed by atoms with Crippen molar-refractivity contribution in [3.8, 4) is 0 Å². The van der Waals surface area contributed by atoms with Crippen molar-refractivity contribution < 1.29 is 4.92 Å². The van der Waals surface area contributed by atoms with Gasteiger partial charge in [0.2, 0.25) is 0 Å². The minimum Gasteiger partial charge on any atom is -0.262 e. The van der Waals surface area contributed by atoms with Gasteiger partial charge in [0.15, 0.2) is 0 Å². The fourth-order valence-electron chi connectivity index (χ4n) is 2.47. The van der Waals surface area contributed by atoms with E-state index in [9.17, 15) is 10.1 Å². The summed E-state index contributed by atoms with van der Waals surface area (Å²) in [7, 11) is 0. The van der Waals surface area contributed by atoms with Crippen molar-refractivity contribution in [2.75, 3.05) is 5.75 Å². The van der Waals surface area contributed by atoms with Gasteiger partial charge in [-0.15, -0.1) is 0 Å². The highest BCUT2D eigenvalue weighted by molar-refractivity contribution is 7.80. The lowest BCUT2D eigenvalue weighted by atomic mass is 9.70. The molecule has 1 aliphatic carbocycles. The van der Waals surface area contributed by atoms with Crippen molar-refractivity contribution in [2.45, 2.75) is 39.7 Å². The average Bonchev–Trinajstić information content (AvgIpc) is 2.47. The number of hydrogen-bond acceptors (Lipinski definition) is 4. The first-order chi connectivity index (χ1) is 7.99. The van der Waals surface area contributed by atoms with Gasteiger partial charge in [0, 0.05) is 6.54 Å². The summed E-state index contributed by atoms with van der Waals surface area (Å²) in [6.07, 6.45) is 3.51. The third kappa shape index (κ3) is 2.06. The zero-order valence-corrected chi connectivity index (χ0v) is 11.0. The minimum atomic E-state index is -0.345. The fraction of sp³-hybridized carbons (Fsp3) is 0.727. The minimum absolute atomic E-state index is 0.152. The molecule has 1 aromatic rings. The van der Waals surface area contributed by atoms with Crippen molar-refractivity contribution in [3.05, 3.63) is 21.5 Å². The van der Waals surface area contributed by atoms with Crippen LogP contribution in [-0.2, 0) is 6.54 Å². The molecule has 0 unspecified atom stereocenters. The summed E-state index contributed by atoms with van der Waals surface area (Å²) >= 11 is 4.40. The van der Waals surface area contributed by atoms with Crippen LogP contribution in [0.15, 0.2) is 0 Å². The number of nitro groups is 1. The van der Waals surface area contributed by atoms with Gasteiger partial charge in [0.1, 0.15) is 11.4 Å². The highest BCUT2D eigenvalue weighted by Crippen LogP contribution is 2.43. The van der Waals surface area contributed by atoms with Crippen molar-refractivity contribution in [1.82, 2.24) is 9.78 Å². The smallest absolute Gasteiger partial charge is 0.262 e. The molecule has 5 nitrogen and oxygen atoms in total. The number of aromatic nitrogens is 2. The van der Waals surface area contributed by atoms with E-state index in [0.717, 1.165) is 25.1 Å². The monoisotopic (exact) mass is 255 g/mol. The molecule has 1 heterocycles. The first-order valence-corrected chi connectivity index (χ1v) is 6.42. The molecule has 0 atom stereocenters. The summed E-state index contributed by atoms with van der Waals surface area (Å²) in [6.45, 7) is 4.20. The molecule has 0 radical (unpaired) electrons. The second-order valence-corrected chi connectivity index (χ2v) is 5.26. The van der Waals surface area contributed by atoms with E-state index in [4.69, 9.17) is 0 Å². The van der Waals surface area contributed by atoms with Gasteiger partial charge in [0.05, 0.1) is 4.92 Å². The summed E-state index contributed by atoms with van der Waals surface area (Å²) in [5.74, 6) is 0.819. The van der Waals surface area contributed by atoms with Crippen LogP contribution in [-0.4, -0.2) is 20.5 Å². The van der Waals surface area contributed by atoms with E-state index in [2.05, 4.69) is 17.7 Å². The predicted molar refractivity (Wildman–Crippen MR) is 68.5 cm³/mol. The maximum absolute atomic E-state index is 10.9. The Morgan fingerprint density at radius 3 is 2.53 bits per heavy atom. The van der Waals surface area contributed by atoms with Crippen LogP contribution >= 0.6 is 12.6 Å². The second-order valence-electron chi connectivity index (χ2n) is 4.95. The molecular weight excluding hydrogens is 238 g/mol. The maximum Gasteiger partial charge on any atom is 0.312 e. The SMILES string of the molecule is Cc1nn(CC2(CS)CCC2)c(C)c1[N+](=O)[O-]. The lowest BCUT2D eigenvalue weighted by Crippen LogP contribution is -2.36. The highest BCUT2D eigenvalue weighted by atomic mass is 32.1. The van der Waals surface area contributed by atoms with Crippen molar-refractivity contribution in [1.29, 1.82) is 0 Å². The lowest BCUT2D eigenvalue weighted by Gasteiger charge is -2.40. The summed E-state index contributed by atoms with van der Waals surface area (Å²) in [5, 5.41) is 15.2. The molecule has 0 bridgehead atoms. The molecule has 0 N–H and O–H groups in total. The zero-order valence-electron chi connectivity index (χ0n) is 10.1. The van der Waals surface area contributed by atoms with E-state index in [0.29, 0.717) is 11.4 Å². The molecule has 1 aromatic heterocycles. The first kappa shape index (κ1) is 12.4. The Bertz CT molecular complexity index is 446. The summed E-state index contributed by atoms with van der Waals surface area (Å²) in [6, 6.07) is 0. The van der Waals surface area contributed by atoms with E-state index in [1.165, 1.54) is 6.42 Å². The Hall–Kier alpha value is -1.04. The van der Waals surface area contributed by atoms with Gasteiger partial charge >= 0.3 is 5.69 Å². The van der Waals surface area contributed by atoms with Gasteiger partial charge in [-0.3, -0.25) is 14.8 Å². The van der Waals surface area contributed by atoms with Gasteiger partial charge in [-0.25, -0.2) is 0 Å². The largest absolute Gasteiger partial charge is 0.312 e. The Kier molecular flexibility index (Phi) is 3.16. The fourth-order valence-corrected chi connectivity index (χ4v) is 2.88. The molecule has 0 spiro atoms. The van der Waals surface area contributed by atoms with Crippen LogP contribution in [0.5, 0.6) is 0 Å². The van der Waals surface area contributed by atoms with Crippen LogP contribution in [0.2, 0.25) is 0 Å². The molecule has 94 valence electrons. The summed E-state index contributed by atoms with van der Waals surface area (Å²) < 4.78 is 1.78. The van der Waals surface area contributed by atoms with Gasteiger partial charge in [-0.05, 0) is 37.9 Å². The van der Waals surface area contributed by atoms with E-state index in [1.54, 1.807) is 18.5 Å². The third-order valence-corrected chi connectivity index (χ3v) is 4.43. The number of aryl methyl sites for hydroxylation is 1. The van der Waals surface area contributed by atoms with Gasteiger partial charge in [-0.1, -0.05) is 6.42 Å². The zero-order chi connectivity index (χ0) is 12.6. The summed E-state index contributed by atoms with van der Waals surface area (Å²) in [5.41, 5.74) is 1.50. The summed E-state index contributed by atoms with van der Waals surface area (Å²) in [4.78, 5) is 10.6. The number of thiol groups is 1. The van der Waals surface area contributed by atoms with E-state index in [-0.39, 0.29) is 16.0 Å². The molecule has 1 aliphatic rings. The van der Waals surface area contributed by atoms with Gasteiger partial charge in [-0.2, -0.15) is 17.7 Å². The van der Waals surface area contributed by atoms with Crippen LogP contribution in [0.3, 0.4) is 0 Å². The predicted octanol–water partition coefficient (Wildman–Crippen LogP) is 2.51. The lowest BCUT2D eigenvalue weighted by molar-refractivity contribution is -0.386. The molecule has 0 aromatic carbocycles. The van der Waals surface area contributed by atoms with E-state index < -0.39 is 0 Å². The van der Waals surface area contributed by atoms with E-state index in [1.807, 2.05) is 0 Å². The molecule has 0 amide bonds. The topological polar surface area (TPSA) is 61.0 Å². The molecule has 0 saturated heterocycles. The normalized spacial score (nSPS) is 17.8. The Balaban J connectivity index is 2.28. The van der Waals surface area contributed by atoms with Crippen molar-refractivity contribution in [3.63, 3.8) is 0 Å². The molecule has 6 heteroatoms. The number of nitrogens with zero attached hydrogens (tertiary/aromatic N) is 3. The Morgan fingerprint density at radius 1 is 1.53 bits per heavy atom. The van der Waals surface area contributed by atoms with Crippen molar-refractivity contribution >= 4 is 18.3 Å². The van der Waals surface area contributed by atoms with Crippen LogP contribution in [0.1, 0.15) is 30.7 Å². The highest BCUT2D eigenvalue weighted by Gasteiger charge is 2.37. The average molecular weight is 255 g/mol. The quantitative estimate of drug-likeness (QED) is 0.511. The molecule has 0 aliphatic heterocycles. The molecular formula is C11H17N3O2S. The maximum atomic E-state index is 10.9. The second kappa shape index (κ2) is 4.33. The van der Waals surface area contributed by atoms with Crippen molar-refractivity contribution in [2.24, 2.45) is 5.41 Å². The van der Waals surface area contributed by atoms with Crippen LogP contribution in [0.4, 0.5) is 5.69 Å². The third-order valence-electron chi connectivity index (χ3n) is 3.76. The number of rotatable bonds is 4. The molecule has 1 fully saturated rings. The molecule has 1 saturated carbocycles. The first-order valence-electron chi connectivity index (χ1n) is 5.78. The Morgan fingerprint density at radius 2 is 2.18 bits per heavy atom. The van der Waals surface area contributed by atoms with Crippen LogP contribution in [0.25, 0.3) is 0 Å². The Labute approximate surface area is 106 Å². The van der Waals surface area contributed by atoms with E-state index >= 15 is 0 Å². The van der Waals surface area contributed by atoms with Gasteiger partial charge in [0.25, 0.3) is 0 Å². The number of hydrogen-bond donors (Lipinski definition) is 1.